The number of hydrogen-bond acceptors (Lipinski definition) is 4. The largest absolute Gasteiger partial charge is 0.493 e. The van der Waals surface area contributed by atoms with Gasteiger partial charge < -0.3 is 19.3 Å². The third kappa shape index (κ3) is 3.53. The summed E-state index contributed by atoms with van der Waals surface area (Å²) >= 11 is 0. The standard InChI is InChI=1S/C14H21O4/c1-10(5-6-15)7-11-8-12(16-2)14(18-4)13(9-11)17-3/h5,8-10,15H,6-7H2,1-4H3/t10-/m1/s1. The third-order valence-electron chi connectivity index (χ3n) is 2.79. The molecule has 0 fully saturated rings. The topological polar surface area (TPSA) is 47.9 Å². The Morgan fingerprint density at radius 2 is 1.67 bits per heavy atom. The highest BCUT2D eigenvalue weighted by atomic mass is 16.5. The minimum Gasteiger partial charge on any atom is -0.493 e. The summed E-state index contributed by atoms with van der Waals surface area (Å²) < 4.78 is 15.9. The molecule has 18 heavy (non-hydrogen) atoms. The van der Waals surface area contributed by atoms with Crippen molar-refractivity contribution < 1.29 is 19.3 Å². The molecule has 1 rings (SSSR count). The molecule has 1 atom stereocenters. The maximum Gasteiger partial charge on any atom is 0.203 e. The SMILES string of the molecule is COc1cc(C[C@H](C)[CH]CO)cc(OC)c1OC. The van der Waals surface area contributed by atoms with E-state index in [0.717, 1.165) is 12.0 Å². The Labute approximate surface area is 108 Å². The smallest absolute Gasteiger partial charge is 0.203 e. The lowest BCUT2D eigenvalue weighted by Gasteiger charge is -2.15. The molecule has 101 valence electrons. The molecular formula is C14H21O4. The van der Waals surface area contributed by atoms with Crippen LogP contribution >= 0.6 is 0 Å². The summed E-state index contributed by atoms with van der Waals surface area (Å²) in [7, 11) is 4.79. The van der Waals surface area contributed by atoms with Gasteiger partial charge in [-0.1, -0.05) is 6.92 Å². The van der Waals surface area contributed by atoms with Crippen LogP contribution < -0.4 is 14.2 Å². The molecule has 0 aliphatic heterocycles. The highest BCUT2D eigenvalue weighted by molar-refractivity contribution is 5.53. The van der Waals surface area contributed by atoms with Crippen molar-refractivity contribution in [3.63, 3.8) is 0 Å². The first-order valence-corrected chi connectivity index (χ1v) is 5.89. The van der Waals surface area contributed by atoms with Gasteiger partial charge in [0.2, 0.25) is 5.75 Å². The van der Waals surface area contributed by atoms with Crippen LogP contribution in [0.5, 0.6) is 17.2 Å². The van der Waals surface area contributed by atoms with Crippen LogP contribution in [0.1, 0.15) is 12.5 Å². The predicted octanol–water partition coefficient (Wildman–Crippen LogP) is 2.09. The Bertz CT molecular complexity index is 351. The highest BCUT2D eigenvalue weighted by Crippen LogP contribution is 2.38. The predicted molar refractivity (Wildman–Crippen MR) is 70.4 cm³/mol. The van der Waals surface area contributed by atoms with E-state index in [1.165, 1.54) is 0 Å². The summed E-state index contributed by atoms with van der Waals surface area (Å²) in [4.78, 5) is 0. The van der Waals surface area contributed by atoms with Crippen LogP contribution in [0, 0.1) is 12.3 Å². The quantitative estimate of drug-likeness (QED) is 0.808. The molecule has 0 aliphatic carbocycles. The normalized spacial score (nSPS) is 12.1. The van der Waals surface area contributed by atoms with Crippen LogP contribution in [0.4, 0.5) is 0 Å². The minimum absolute atomic E-state index is 0.0889. The average molecular weight is 253 g/mol. The second-order valence-electron chi connectivity index (χ2n) is 4.13. The zero-order chi connectivity index (χ0) is 13.5. The van der Waals surface area contributed by atoms with E-state index in [9.17, 15) is 0 Å². The van der Waals surface area contributed by atoms with Gasteiger partial charge in [0.1, 0.15) is 0 Å². The van der Waals surface area contributed by atoms with Gasteiger partial charge in [-0.2, -0.15) is 0 Å². The second-order valence-corrected chi connectivity index (χ2v) is 4.13. The molecule has 1 aromatic rings. The van der Waals surface area contributed by atoms with Crippen molar-refractivity contribution in [3.05, 3.63) is 24.1 Å². The second kappa shape index (κ2) is 7.11. The molecule has 0 amide bonds. The minimum atomic E-state index is 0.0889. The van der Waals surface area contributed by atoms with Gasteiger partial charge in [0.15, 0.2) is 11.5 Å². The lowest BCUT2D eigenvalue weighted by Crippen LogP contribution is -2.04. The molecule has 1 N–H and O–H groups in total. The van der Waals surface area contributed by atoms with Gasteiger partial charge >= 0.3 is 0 Å². The summed E-state index contributed by atoms with van der Waals surface area (Å²) in [5.74, 6) is 2.20. The van der Waals surface area contributed by atoms with Crippen LogP contribution in [-0.2, 0) is 6.42 Å². The summed E-state index contributed by atoms with van der Waals surface area (Å²) in [5.41, 5.74) is 1.08. The van der Waals surface area contributed by atoms with E-state index in [1.54, 1.807) is 21.3 Å². The Hall–Kier alpha value is -1.42. The first-order chi connectivity index (χ1) is 8.65. The van der Waals surface area contributed by atoms with E-state index >= 15 is 0 Å². The average Bonchev–Trinajstić information content (AvgIpc) is 2.37. The number of ether oxygens (including phenoxy) is 3. The van der Waals surface area contributed by atoms with Crippen LogP contribution in [0.2, 0.25) is 0 Å². The van der Waals surface area contributed by atoms with Crippen LogP contribution in [0.25, 0.3) is 0 Å². The van der Waals surface area contributed by atoms with Crippen molar-refractivity contribution in [2.75, 3.05) is 27.9 Å². The van der Waals surface area contributed by atoms with Gasteiger partial charge in [0.05, 0.1) is 21.3 Å². The molecule has 0 bridgehead atoms. The Morgan fingerprint density at radius 3 is 2.06 bits per heavy atom. The molecule has 0 saturated heterocycles. The Kier molecular flexibility index (Phi) is 5.78. The van der Waals surface area contributed by atoms with Crippen molar-refractivity contribution in [1.29, 1.82) is 0 Å². The first kappa shape index (κ1) is 14.6. The van der Waals surface area contributed by atoms with Crippen molar-refractivity contribution in [1.82, 2.24) is 0 Å². The maximum atomic E-state index is 8.87. The molecule has 4 heteroatoms. The van der Waals surface area contributed by atoms with Gasteiger partial charge in [0, 0.05) is 6.61 Å². The van der Waals surface area contributed by atoms with Crippen LogP contribution in [0.15, 0.2) is 12.1 Å². The number of methoxy groups -OCH3 is 3. The molecule has 0 aromatic heterocycles. The molecular weight excluding hydrogens is 232 g/mol. The zero-order valence-corrected chi connectivity index (χ0v) is 11.4. The van der Waals surface area contributed by atoms with Crippen LogP contribution in [0.3, 0.4) is 0 Å². The monoisotopic (exact) mass is 253 g/mol. The summed E-state index contributed by atoms with van der Waals surface area (Å²) in [6.45, 7) is 2.14. The number of aliphatic hydroxyl groups is 1. The van der Waals surface area contributed by atoms with E-state index in [-0.39, 0.29) is 12.5 Å². The Morgan fingerprint density at radius 1 is 1.11 bits per heavy atom. The van der Waals surface area contributed by atoms with Crippen molar-refractivity contribution in [3.8, 4) is 17.2 Å². The number of benzene rings is 1. The van der Waals surface area contributed by atoms with Gasteiger partial charge in [-0.25, -0.2) is 0 Å². The fraction of sp³-hybridized carbons (Fsp3) is 0.500. The lowest BCUT2D eigenvalue weighted by molar-refractivity contribution is 0.311. The summed E-state index contributed by atoms with van der Waals surface area (Å²) in [5, 5.41) is 8.87. The van der Waals surface area contributed by atoms with Gasteiger partial charge in [-0.05, 0) is 36.5 Å². The number of hydrogen-bond donors (Lipinski definition) is 1. The van der Waals surface area contributed by atoms with E-state index in [2.05, 4.69) is 6.92 Å². The maximum absolute atomic E-state index is 8.87. The highest BCUT2D eigenvalue weighted by Gasteiger charge is 2.14. The molecule has 0 saturated carbocycles. The fourth-order valence-electron chi connectivity index (χ4n) is 1.89. The molecule has 0 spiro atoms. The van der Waals surface area contributed by atoms with Gasteiger partial charge in [0.25, 0.3) is 0 Å². The molecule has 0 unspecified atom stereocenters. The van der Waals surface area contributed by atoms with E-state index in [0.29, 0.717) is 17.2 Å². The van der Waals surface area contributed by atoms with Crippen LogP contribution in [-0.4, -0.2) is 33.0 Å². The van der Waals surface area contributed by atoms with Crippen molar-refractivity contribution >= 4 is 0 Å². The molecule has 0 heterocycles. The molecule has 4 nitrogen and oxygen atoms in total. The lowest BCUT2D eigenvalue weighted by atomic mass is 9.98. The first-order valence-electron chi connectivity index (χ1n) is 5.89. The Balaban J connectivity index is 2.99. The molecule has 1 aromatic carbocycles. The summed E-state index contributed by atoms with van der Waals surface area (Å²) in [6.07, 6.45) is 2.68. The number of aliphatic hydroxyl groups excluding tert-OH is 1. The molecule has 0 aliphatic rings. The van der Waals surface area contributed by atoms with Gasteiger partial charge in [-0.3, -0.25) is 0 Å². The van der Waals surface area contributed by atoms with Crippen molar-refractivity contribution in [2.24, 2.45) is 5.92 Å². The number of rotatable bonds is 7. The van der Waals surface area contributed by atoms with E-state index in [1.807, 2.05) is 18.6 Å². The summed E-state index contributed by atoms with van der Waals surface area (Å²) in [6, 6.07) is 3.87. The fourth-order valence-corrected chi connectivity index (χ4v) is 1.89. The van der Waals surface area contributed by atoms with Crippen molar-refractivity contribution in [2.45, 2.75) is 13.3 Å². The van der Waals surface area contributed by atoms with Gasteiger partial charge in [-0.15, -0.1) is 0 Å². The zero-order valence-electron chi connectivity index (χ0n) is 11.4. The van der Waals surface area contributed by atoms with E-state index in [4.69, 9.17) is 19.3 Å². The molecule has 1 radical (unpaired) electrons. The third-order valence-corrected chi connectivity index (χ3v) is 2.79. The van der Waals surface area contributed by atoms with E-state index < -0.39 is 0 Å².